The van der Waals surface area contributed by atoms with E-state index in [2.05, 4.69) is 199 Å². The third-order valence-electron chi connectivity index (χ3n) is 9.79. The molecule has 0 bridgehead atoms. The van der Waals surface area contributed by atoms with Crippen LogP contribution in [0.25, 0.3) is 71.6 Å². The van der Waals surface area contributed by atoms with Crippen molar-refractivity contribution in [2.24, 2.45) is 0 Å². The minimum atomic E-state index is 1.16. The molecule has 0 fully saturated rings. The number of benzene rings is 8. The lowest BCUT2D eigenvalue weighted by molar-refractivity contribution is 1.18. The lowest BCUT2D eigenvalue weighted by Gasteiger charge is -2.19. The molecule has 0 saturated heterocycles. The molecule has 1 heterocycles. The Morgan fingerprint density at radius 2 is 0.837 bits per heavy atom. The molecule has 2 nitrogen and oxygen atoms in total. The fourth-order valence-electron chi connectivity index (χ4n) is 7.15. The van der Waals surface area contributed by atoms with Crippen LogP contribution in [0.2, 0.25) is 0 Å². The smallest absolute Gasteiger partial charge is 0.0547 e. The Balaban J connectivity index is 1.11. The van der Waals surface area contributed by atoms with Crippen molar-refractivity contribution < 1.29 is 0 Å². The molecule has 0 spiro atoms. The Hall–Kier alpha value is -6.38. The molecule has 232 valence electrons. The van der Waals surface area contributed by atoms with E-state index >= 15 is 0 Å². The van der Waals surface area contributed by atoms with Crippen LogP contribution in [0.15, 0.2) is 188 Å². The molecule has 0 amide bonds. The van der Waals surface area contributed by atoms with Crippen LogP contribution in [0.5, 0.6) is 0 Å². The van der Waals surface area contributed by atoms with Gasteiger partial charge in [-0.1, -0.05) is 127 Å². The fraction of sp³-hybridized carbons (Fsp3) is 0.0213. The molecule has 0 unspecified atom stereocenters. The Bertz CT molecular complexity index is 2580. The van der Waals surface area contributed by atoms with Gasteiger partial charge >= 0.3 is 0 Å². The van der Waals surface area contributed by atoms with Crippen LogP contribution in [-0.2, 0) is 0 Å². The minimum Gasteiger partial charge on any atom is -0.345 e. The van der Waals surface area contributed by atoms with Gasteiger partial charge in [-0.25, -0.2) is 0 Å². The average Bonchev–Trinajstić information content (AvgIpc) is 3.50. The van der Waals surface area contributed by atoms with Crippen molar-refractivity contribution in [2.75, 3.05) is 11.9 Å². The van der Waals surface area contributed by atoms with E-state index in [9.17, 15) is 0 Å². The number of nitrogens with zero attached hydrogens (tertiary/aromatic N) is 2. The summed E-state index contributed by atoms with van der Waals surface area (Å²) in [5, 5.41) is 5.01. The minimum absolute atomic E-state index is 1.16. The molecule has 1 aromatic heterocycles. The van der Waals surface area contributed by atoms with E-state index in [-0.39, 0.29) is 0 Å². The molecule has 8 aromatic carbocycles. The molecule has 0 N–H and O–H groups in total. The molecule has 0 aliphatic carbocycles. The highest BCUT2D eigenvalue weighted by Crippen LogP contribution is 2.38. The molecule has 0 aliphatic heterocycles. The molecular formula is C47H34N2. The van der Waals surface area contributed by atoms with Crippen LogP contribution < -0.4 is 4.90 Å². The summed E-state index contributed by atoms with van der Waals surface area (Å²) in [6.07, 6.45) is 0. The topological polar surface area (TPSA) is 8.17 Å². The maximum Gasteiger partial charge on any atom is 0.0547 e. The summed E-state index contributed by atoms with van der Waals surface area (Å²) in [7, 11) is 2.11. The summed E-state index contributed by atoms with van der Waals surface area (Å²) in [4.78, 5) is 2.21. The molecule has 0 saturated carbocycles. The second-order valence-electron chi connectivity index (χ2n) is 12.7. The van der Waals surface area contributed by atoms with Crippen LogP contribution >= 0.6 is 0 Å². The molecule has 9 rings (SSSR count). The van der Waals surface area contributed by atoms with E-state index in [4.69, 9.17) is 0 Å². The number of para-hydroxylation sites is 1. The van der Waals surface area contributed by atoms with E-state index in [0.717, 1.165) is 5.69 Å². The Morgan fingerprint density at radius 1 is 0.347 bits per heavy atom. The van der Waals surface area contributed by atoms with Crippen molar-refractivity contribution in [1.82, 2.24) is 4.57 Å². The number of fused-ring (bicyclic) bond motifs is 4. The van der Waals surface area contributed by atoms with Crippen molar-refractivity contribution in [3.8, 4) is 39.1 Å². The summed E-state index contributed by atoms with van der Waals surface area (Å²) < 4.78 is 2.43. The molecule has 0 aliphatic rings. The van der Waals surface area contributed by atoms with E-state index in [1.165, 1.54) is 77.3 Å². The highest BCUT2D eigenvalue weighted by molar-refractivity contribution is 6.14. The van der Waals surface area contributed by atoms with Gasteiger partial charge in [-0.05, 0) is 105 Å². The summed E-state index contributed by atoms with van der Waals surface area (Å²) in [5.41, 5.74) is 13.2. The monoisotopic (exact) mass is 626 g/mol. The molecule has 0 radical (unpaired) electrons. The van der Waals surface area contributed by atoms with Crippen molar-refractivity contribution in [2.45, 2.75) is 0 Å². The van der Waals surface area contributed by atoms with Crippen molar-refractivity contribution in [1.29, 1.82) is 0 Å². The normalized spacial score (nSPS) is 11.4. The van der Waals surface area contributed by atoms with E-state index in [1.54, 1.807) is 0 Å². The van der Waals surface area contributed by atoms with E-state index in [0.29, 0.717) is 0 Å². The molecule has 2 heteroatoms. The van der Waals surface area contributed by atoms with Crippen molar-refractivity contribution in [3.63, 3.8) is 0 Å². The first kappa shape index (κ1) is 28.8. The van der Waals surface area contributed by atoms with E-state index in [1.807, 2.05) is 6.07 Å². The Morgan fingerprint density at radius 3 is 1.55 bits per heavy atom. The maximum atomic E-state index is 2.43. The fourth-order valence-corrected chi connectivity index (χ4v) is 7.15. The van der Waals surface area contributed by atoms with Crippen LogP contribution in [0.4, 0.5) is 11.4 Å². The summed E-state index contributed by atoms with van der Waals surface area (Å²) in [6, 6.07) is 68.1. The summed E-state index contributed by atoms with van der Waals surface area (Å²) >= 11 is 0. The quantitative estimate of drug-likeness (QED) is 0.178. The first-order valence-corrected chi connectivity index (χ1v) is 16.8. The Labute approximate surface area is 286 Å². The van der Waals surface area contributed by atoms with Gasteiger partial charge in [-0.15, -0.1) is 0 Å². The average molecular weight is 627 g/mol. The highest BCUT2D eigenvalue weighted by Gasteiger charge is 2.15. The van der Waals surface area contributed by atoms with E-state index < -0.39 is 0 Å². The largest absolute Gasteiger partial charge is 0.345 e. The lowest BCUT2D eigenvalue weighted by Crippen LogP contribution is -2.08. The van der Waals surface area contributed by atoms with Crippen LogP contribution in [0.3, 0.4) is 0 Å². The van der Waals surface area contributed by atoms with Gasteiger partial charge in [0.15, 0.2) is 0 Å². The molecular weight excluding hydrogens is 593 g/mol. The maximum absolute atomic E-state index is 2.43. The second-order valence-corrected chi connectivity index (χ2v) is 12.7. The second kappa shape index (κ2) is 12.0. The van der Waals surface area contributed by atoms with Gasteiger partial charge in [0, 0.05) is 34.9 Å². The predicted octanol–water partition coefficient (Wildman–Crippen LogP) is 12.7. The first-order chi connectivity index (χ1) is 24.2. The zero-order chi connectivity index (χ0) is 32.7. The molecule has 49 heavy (non-hydrogen) atoms. The van der Waals surface area contributed by atoms with Gasteiger partial charge in [-0.3, -0.25) is 0 Å². The predicted molar refractivity (Wildman–Crippen MR) is 209 cm³/mol. The van der Waals surface area contributed by atoms with Gasteiger partial charge in [-0.2, -0.15) is 0 Å². The van der Waals surface area contributed by atoms with Crippen LogP contribution in [-0.4, -0.2) is 11.6 Å². The van der Waals surface area contributed by atoms with Gasteiger partial charge in [0.1, 0.15) is 0 Å². The standard InChI is InChI=1S/C47H34N2/c1-48(41-16-6-3-7-17-41)42-26-23-35(24-27-42)34-19-21-36(22-20-34)40-25-28-46-44(31-40)45-30-38-13-8-9-14-39(38)32-47(45)49(46)43-18-10-15-37(29-43)33-11-4-2-5-12-33/h2-32H,1H3. The number of rotatable bonds is 6. The number of hydrogen-bond acceptors (Lipinski definition) is 1. The van der Waals surface area contributed by atoms with Crippen LogP contribution in [0, 0.1) is 0 Å². The summed E-state index contributed by atoms with van der Waals surface area (Å²) in [5.74, 6) is 0. The number of anilines is 2. The number of hydrogen-bond donors (Lipinski definition) is 0. The summed E-state index contributed by atoms with van der Waals surface area (Å²) in [6.45, 7) is 0. The van der Waals surface area contributed by atoms with Gasteiger partial charge in [0.2, 0.25) is 0 Å². The van der Waals surface area contributed by atoms with Crippen molar-refractivity contribution in [3.05, 3.63) is 188 Å². The van der Waals surface area contributed by atoms with Crippen molar-refractivity contribution >= 4 is 44.0 Å². The van der Waals surface area contributed by atoms with Gasteiger partial charge in [0.25, 0.3) is 0 Å². The molecule has 0 atom stereocenters. The highest BCUT2D eigenvalue weighted by atomic mass is 15.1. The SMILES string of the molecule is CN(c1ccccc1)c1ccc(-c2ccc(-c3ccc4c(c3)c3cc5ccccc5cc3n4-c3cccc(-c4ccccc4)c3)cc2)cc1. The first-order valence-electron chi connectivity index (χ1n) is 16.8. The third kappa shape index (κ3) is 5.24. The number of aromatic nitrogens is 1. The van der Waals surface area contributed by atoms with Gasteiger partial charge < -0.3 is 9.47 Å². The zero-order valence-corrected chi connectivity index (χ0v) is 27.3. The van der Waals surface area contributed by atoms with Crippen LogP contribution in [0.1, 0.15) is 0 Å². The molecule has 9 aromatic rings. The zero-order valence-electron chi connectivity index (χ0n) is 27.3. The van der Waals surface area contributed by atoms with Gasteiger partial charge in [0.05, 0.1) is 11.0 Å². The Kier molecular flexibility index (Phi) is 7.06. The third-order valence-corrected chi connectivity index (χ3v) is 9.79. The lowest BCUT2D eigenvalue weighted by atomic mass is 9.98.